The first kappa shape index (κ1) is 27.8. The fourth-order valence-corrected chi connectivity index (χ4v) is 9.00. The first-order valence-corrected chi connectivity index (χ1v) is 17.6. The SMILES string of the molecule is c1ccc(-c2nc(-n3c4ccccc4c4ccc5c6c(oc5c43)C3(c4ccccc4Oc4ccccc43)c3ccccc3-6)nc3ccccc23)cc1. The summed E-state index contributed by atoms with van der Waals surface area (Å²) in [5.74, 6) is 3.17. The molecule has 0 amide bonds. The van der Waals surface area contributed by atoms with Gasteiger partial charge >= 0.3 is 0 Å². The van der Waals surface area contributed by atoms with Crippen molar-refractivity contribution in [1.82, 2.24) is 14.5 Å². The third-order valence-electron chi connectivity index (χ3n) is 11.1. The summed E-state index contributed by atoms with van der Waals surface area (Å²) in [6, 6.07) is 57.1. The molecule has 12 rings (SSSR count). The van der Waals surface area contributed by atoms with Gasteiger partial charge in [-0.05, 0) is 41.5 Å². The largest absolute Gasteiger partial charge is 0.457 e. The van der Waals surface area contributed by atoms with Crippen LogP contribution in [0.1, 0.15) is 22.5 Å². The van der Waals surface area contributed by atoms with Crippen LogP contribution in [0, 0.1) is 0 Å². The highest BCUT2D eigenvalue weighted by atomic mass is 16.5. The fourth-order valence-electron chi connectivity index (χ4n) is 9.00. The molecule has 0 bridgehead atoms. The van der Waals surface area contributed by atoms with E-state index in [1.54, 1.807) is 0 Å². The van der Waals surface area contributed by atoms with Crippen molar-refractivity contribution < 1.29 is 9.15 Å². The number of aromatic nitrogens is 3. The maximum absolute atomic E-state index is 7.48. The first-order valence-electron chi connectivity index (χ1n) is 17.6. The van der Waals surface area contributed by atoms with Crippen LogP contribution in [0.15, 0.2) is 168 Å². The molecular weight excluding hydrogens is 639 g/mol. The van der Waals surface area contributed by atoms with E-state index in [9.17, 15) is 0 Å². The van der Waals surface area contributed by atoms with Gasteiger partial charge in [-0.3, -0.25) is 4.57 Å². The average Bonchev–Trinajstić information content (AvgIpc) is 3.85. The van der Waals surface area contributed by atoms with Gasteiger partial charge in [0.25, 0.3) is 0 Å². The van der Waals surface area contributed by atoms with Crippen LogP contribution in [0.5, 0.6) is 11.5 Å². The summed E-state index contributed by atoms with van der Waals surface area (Å²) < 4.78 is 16.3. The molecule has 0 atom stereocenters. The van der Waals surface area contributed by atoms with Crippen LogP contribution < -0.4 is 4.74 Å². The Balaban J connectivity index is 1.24. The number of para-hydroxylation sites is 4. The van der Waals surface area contributed by atoms with Crippen molar-refractivity contribution >= 4 is 43.7 Å². The number of rotatable bonds is 2. The molecule has 1 aliphatic carbocycles. The lowest BCUT2D eigenvalue weighted by Gasteiger charge is -2.37. The minimum absolute atomic E-state index is 0.602. The molecule has 1 spiro atoms. The molecular formula is C47H27N3O2. The summed E-state index contributed by atoms with van der Waals surface area (Å²) in [4.78, 5) is 10.6. The zero-order valence-corrected chi connectivity index (χ0v) is 27.7. The van der Waals surface area contributed by atoms with E-state index >= 15 is 0 Å². The Hall–Kier alpha value is -6.98. The molecule has 0 saturated carbocycles. The van der Waals surface area contributed by atoms with Gasteiger partial charge in [0.15, 0.2) is 5.58 Å². The molecule has 52 heavy (non-hydrogen) atoms. The van der Waals surface area contributed by atoms with Crippen LogP contribution in [0.25, 0.3) is 72.0 Å². The Bertz CT molecular complexity index is 3070. The molecule has 7 aromatic carbocycles. The normalized spacial score (nSPS) is 13.7. The van der Waals surface area contributed by atoms with E-state index in [-0.39, 0.29) is 0 Å². The summed E-state index contributed by atoms with van der Waals surface area (Å²) in [5.41, 5.74) is 10.5. The van der Waals surface area contributed by atoms with Crippen LogP contribution in [0.3, 0.4) is 0 Å². The van der Waals surface area contributed by atoms with Crippen LogP contribution in [-0.2, 0) is 5.41 Å². The van der Waals surface area contributed by atoms with Gasteiger partial charge in [0.2, 0.25) is 5.95 Å². The topological polar surface area (TPSA) is 53.1 Å². The van der Waals surface area contributed by atoms with Crippen molar-refractivity contribution in [3.63, 3.8) is 0 Å². The molecule has 0 unspecified atom stereocenters. The number of hydrogen-bond acceptors (Lipinski definition) is 4. The summed E-state index contributed by atoms with van der Waals surface area (Å²) in [7, 11) is 0. The van der Waals surface area contributed by atoms with Crippen molar-refractivity contribution in [2.24, 2.45) is 0 Å². The molecule has 5 heteroatoms. The van der Waals surface area contributed by atoms with E-state index in [1.807, 2.05) is 30.3 Å². The quantitative estimate of drug-likeness (QED) is 0.184. The van der Waals surface area contributed by atoms with Crippen molar-refractivity contribution in [3.05, 3.63) is 186 Å². The number of furan rings is 1. The molecule has 4 heterocycles. The Morgan fingerprint density at radius 2 is 1.13 bits per heavy atom. The molecule has 0 fully saturated rings. The van der Waals surface area contributed by atoms with Gasteiger partial charge in [0, 0.05) is 43.8 Å². The minimum atomic E-state index is -0.709. The molecule has 3 aromatic heterocycles. The highest BCUT2D eigenvalue weighted by molar-refractivity contribution is 6.20. The standard InChI is InChI=1S/C47H27N3O2/c1-2-14-28(15-3-1)42-32-18-5-10-22-37(32)48-46(49-42)50-38-23-11-6-16-29(38)30-26-27-33-41-31-17-4-7-19-34(31)47(45(41)52-44(33)43(30)50)35-20-8-12-24-39(35)51-40-25-13-9-21-36(40)47/h1-27H. The lowest BCUT2D eigenvalue weighted by Crippen LogP contribution is -2.31. The van der Waals surface area contributed by atoms with Crippen molar-refractivity contribution in [2.45, 2.75) is 5.41 Å². The lowest BCUT2D eigenvalue weighted by atomic mass is 9.68. The predicted molar refractivity (Wildman–Crippen MR) is 206 cm³/mol. The van der Waals surface area contributed by atoms with Gasteiger partial charge in [0.05, 0.1) is 16.7 Å². The Morgan fingerprint density at radius 1 is 0.500 bits per heavy atom. The van der Waals surface area contributed by atoms with Crippen LogP contribution in [0.2, 0.25) is 0 Å². The second kappa shape index (κ2) is 10.1. The van der Waals surface area contributed by atoms with Gasteiger partial charge in [-0.15, -0.1) is 0 Å². The number of fused-ring (bicyclic) bond motifs is 16. The summed E-state index contributed by atoms with van der Waals surface area (Å²) >= 11 is 0. The zero-order chi connectivity index (χ0) is 34.0. The van der Waals surface area contributed by atoms with Gasteiger partial charge < -0.3 is 9.15 Å². The van der Waals surface area contributed by atoms with E-state index in [0.29, 0.717) is 5.95 Å². The molecule has 10 aromatic rings. The van der Waals surface area contributed by atoms with E-state index in [2.05, 4.69) is 138 Å². The van der Waals surface area contributed by atoms with E-state index in [4.69, 9.17) is 19.1 Å². The average molecular weight is 666 g/mol. The number of benzene rings is 7. The maximum atomic E-state index is 7.48. The smallest absolute Gasteiger partial charge is 0.235 e. The van der Waals surface area contributed by atoms with E-state index in [0.717, 1.165) is 94.4 Å². The van der Waals surface area contributed by atoms with Crippen LogP contribution in [0.4, 0.5) is 0 Å². The monoisotopic (exact) mass is 665 g/mol. The van der Waals surface area contributed by atoms with Crippen molar-refractivity contribution in [3.8, 4) is 39.8 Å². The predicted octanol–water partition coefficient (Wildman–Crippen LogP) is 11.6. The summed E-state index contributed by atoms with van der Waals surface area (Å²) in [5, 5.41) is 4.27. The van der Waals surface area contributed by atoms with Gasteiger partial charge in [-0.1, -0.05) is 133 Å². The van der Waals surface area contributed by atoms with Crippen molar-refractivity contribution in [2.75, 3.05) is 0 Å². The molecule has 242 valence electrons. The lowest BCUT2D eigenvalue weighted by molar-refractivity contribution is 0.412. The molecule has 0 radical (unpaired) electrons. The Kier molecular flexibility index (Phi) is 5.37. The number of hydrogen-bond donors (Lipinski definition) is 0. The van der Waals surface area contributed by atoms with Crippen molar-refractivity contribution in [1.29, 1.82) is 0 Å². The van der Waals surface area contributed by atoms with Crippen LogP contribution >= 0.6 is 0 Å². The Labute approximate surface area is 298 Å². The first-order chi connectivity index (χ1) is 25.8. The maximum Gasteiger partial charge on any atom is 0.235 e. The summed E-state index contributed by atoms with van der Waals surface area (Å²) in [6.45, 7) is 0. The molecule has 0 N–H and O–H groups in total. The van der Waals surface area contributed by atoms with Gasteiger partial charge in [-0.2, -0.15) is 0 Å². The molecule has 2 aliphatic rings. The minimum Gasteiger partial charge on any atom is -0.457 e. The Morgan fingerprint density at radius 3 is 1.94 bits per heavy atom. The summed E-state index contributed by atoms with van der Waals surface area (Å²) in [6.07, 6.45) is 0. The van der Waals surface area contributed by atoms with E-state index in [1.165, 1.54) is 5.56 Å². The second-order valence-corrected chi connectivity index (χ2v) is 13.6. The molecule has 5 nitrogen and oxygen atoms in total. The highest BCUT2D eigenvalue weighted by Crippen LogP contribution is 2.64. The zero-order valence-electron chi connectivity index (χ0n) is 27.7. The van der Waals surface area contributed by atoms with Gasteiger partial charge in [0.1, 0.15) is 28.2 Å². The highest BCUT2D eigenvalue weighted by Gasteiger charge is 2.54. The number of ether oxygens (including phenoxy) is 1. The van der Waals surface area contributed by atoms with Crippen LogP contribution in [-0.4, -0.2) is 14.5 Å². The molecule has 1 aliphatic heterocycles. The third-order valence-corrected chi connectivity index (χ3v) is 11.1. The van der Waals surface area contributed by atoms with Gasteiger partial charge in [-0.25, -0.2) is 9.97 Å². The van der Waals surface area contributed by atoms with E-state index < -0.39 is 5.41 Å². The molecule has 0 saturated heterocycles. The number of nitrogens with zero attached hydrogens (tertiary/aromatic N) is 3. The third kappa shape index (κ3) is 3.42. The second-order valence-electron chi connectivity index (χ2n) is 13.6. The fraction of sp³-hybridized carbons (Fsp3) is 0.0213.